The van der Waals surface area contributed by atoms with Gasteiger partial charge in [0.05, 0.1) is 18.6 Å². The van der Waals surface area contributed by atoms with Gasteiger partial charge in [-0.15, -0.1) is 0 Å². The van der Waals surface area contributed by atoms with Gasteiger partial charge in [0.15, 0.2) is 11.5 Å². The topological polar surface area (TPSA) is 55.8 Å². The van der Waals surface area contributed by atoms with Crippen molar-refractivity contribution in [2.45, 2.75) is 20.1 Å². The number of halogens is 1. The molecule has 1 heterocycles. The summed E-state index contributed by atoms with van der Waals surface area (Å²) in [5, 5.41) is -0.269. The van der Waals surface area contributed by atoms with Gasteiger partial charge in [-0.1, -0.05) is 48.0 Å². The van der Waals surface area contributed by atoms with Crippen LogP contribution in [0.1, 0.15) is 22.3 Å². The minimum Gasteiger partial charge on any atom is -0.493 e. The van der Waals surface area contributed by atoms with Crippen LogP contribution in [0.25, 0.3) is 6.08 Å². The summed E-state index contributed by atoms with van der Waals surface area (Å²) in [4.78, 5) is 27.0. The molecule has 0 aliphatic carbocycles. The molecule has 0 atom stereocenters. The van der Waals surface area contributed by atoms with Gasteiger partial charge in [0.1, 0.15) is 6.61 Å². The number of nitrogens with zero attached hydrogens (tertiary/aromatic N) is 1. The maximum absolute atomic E-state index is 12.9. The van der Waals surface area contributed by atoms with Crippen molar-refractivity contribution in [2.24, 2.45) is 0 Å². The summed E-state index contributed by atoms with van der Waals surface area (Å²) in [5.74, 6) is 0.887. The number of carbonyl (C=O) groups excluding carboxylic acids is 2. The van der Waals surface area contributed by atoms with Crippen LogP contribution in [-0.4, -0.2) is 23.2 Å². The third-order valence-corrected chi connectivity index (χ3v) is 6.75. The fourth-order valence-corrected chi connectivity index (χ4v) is 4.50. The Kier molecular flexibility index (Phi) is 7.39. The van der Waals surface area contributed by atoms with E-state index in [1.807, 2.05) is 67.6 Å². The van der Waals surface area contributed by atoms with E-state index in [0.717, 1.165) is 32.0 Å². The molecule has 4 rings (SSSR count). The molecule has 0 saturated carbocycles. The highest BCUT2D eigenvalue weighted by Crippen LogP contribution is 2.35. The molecule has 1 aliphatic heterocycles. The number of benzene rings is 3. The largest absolute Gasteiger partial charge is 0.493 e. The number of hydrogen-bond acceptors (Lipinski definition) is 5. The summed E-state index contributed by atoms with van der Waals surface area (Å²) in [5.41, 5.74) is 3.93. The fraction of sp³-hybridized carbons (Fsp3) is 0.154. The van der Waals surface area contributed by atoms with Crippen LogP contribution in [0.2, 0.25) is 0 Å². The summed E-state index contributed by atoms with van der Waals surface area (Å²) in [6.07, 6.45) is 1.71. The molecule has 1 aliphatic rings. The number of amides is 2. The molecule has 0 radical (unpaired) electrons. The van der Waals surface area contributed by atoms with Crippen molar-refractivity contribution < 1.29 is 19.1 Å². The van der Waals surface area contributed by atoms with E-state index in [4.69, 9.17) is 9.47 Å². The monoisotopic (exact) mass is 571 g/mol. The van der Waals surface area contributed by atoms with Crippen LogP contribution in [0.3, 0.4) is 0 Å². The molecule has 0 unspecified atom stereocenters. The Morgan fingerprint density at radius 2 is 1.64 bits per heavy atom. The van der Waals surface area contributed by atoms with Crippen molar-refractivity contribution in [3.8, 4) is 11.5 Å². The number of imide groups is 1. The van der Waals surface area contributed by atoms with Gasteiger partial charge >= 0.3 is 0 Å². The minimum absolute atomic E-state index is 0.258. The van der Waals surface area contributed by atoms with Gasteiger partial charge in [-0.05, 0) is 88.3 Å². The minimum atomic E-state index is -0.290. The molecular formula is C26H22INO4S. The highest BCUT2D eigenvalue weighted by atomic mass is 127. The van der Waals surface area contributed by atoms with Crippen LogP contribution in [0, 0.1) is 10.5 Å². The molecule has 0 N–H and O–H groups in total. The normalized spacial score (nSPS) is 14.8. The van der Waals surface area contributed by atoms with E-state index in [1.165, 1.54) is 10.5 Å². The predicted octanol–water partition coefficient (Wildman–Crippen LogP) is 6.42. The highest BCUT2D eigenvalue weighted by Gasteiger charge is 2.35. The standard InChI is InChI=1S/C26H22INO4S/c1-17-3-5-19(6-4-17)16-32-22-12-9-20(13-23(22)31-2)14-24-25(29)28(26(30)33-24)15-18-7-10-21(27)11-8-18/h3-14H,15-16H2,1-2H3/b24-14-. The molecular weight excluding hydrogens is 549 g/mol. The summed E-state index contributed by atoms with van der Waals surface area (Å²) < 4.78 is 12.5. The van der Waals surface area contributed by atoms with Crippen molar-refractivity contribution >= 4 is 51.6 Å². The first-order chi connectivity index (χ1) is 15.9. The van der Waals surface area contributed by atoms with Gasteiger partial charge in [0, 0.05) is 3.57 Å². The Balaban J connectivity index is 1.47. The van der Waals surface area contributed by atoms with Gasteiger partial charge in [0.2, 0.25) is 0 Å². The maximum Gasteiger partial charge on any atom is 0.293 e. The second-order valence-corrected chi connectivity index (χ2v) is 9.82. The number of ether oxygens (including phenoxy) is 2. The number of hydrogen-bond donors (Lipinski definition) is 0. The highest BCUT2D eigenvalue weighted by molar-refractivity contribution is 14.1. The lowest BCUT2D eigenvalue weighted by Gasteiger charge is -2.13. The molecule has 2 amide bonds. The van der Waals surface area contributed by atoms with Crippen molar-refractivity contribution in [3.05, 3.63) is 97.5 Å². The molecule has 1 saturated heterocycles. The molecule has 1 fully saturated rings. The van der Waals surface area contributed by atoms with E-state index < -0.39 is 0 Å². The van der Waals surface area contributed by atoms with Crippen LogP contribution in [0.15, 0.2) is 71.6 Å². The Morgan fingerprint density at radius 3 is 2.33 bits per heavy atom. The molecule has 5 nitrogen and oxygen atoms in total. The second kappa shape index (κ2) is 10.4. The number of methoxy groups -OCH3 is 1. The van der Waals surface area contributed by atoms with Crippen LogP contribution in [0.4, 0.5) is 4.79 Å². The maximum atomic E-state index is 12.9. The number of aryl methyl sites for hydroxylation is 1. The SMILES string of the molecule is COc1cc(/C=C2\SC(=O)N(Cc3ccc(I)cc3)C2=O)ccc1OCc1ccc(C)cc1. The van der Waals surface area contributed by atoms with Gasteiger partial charge < -0.3 is 9.47 Å². The van der Waals surface area contributed by atoms with Gasteiger partial charge in [-0.25, -0.2) is 0 Å². The first-order valence-corrected chi connectivity index (χ1v) is 12.2. The lowest BCUT2D eigenvalue weighted by molar-refractivity contribution is -0.123. The third kappa shape index (κ3) is 5.78. The van der Waals surface area contributed by atoms with Crippen molar-refractivity contribution in [3.63, 3.8) is 0 Å². The van der Waals surface area contributed by atoms with Gasteiger partial charge in [0.25, 0.3) is 11.1 Å². The first-order valence-electron chi connectivity index (χ1n) is 10.3. The van der Waals surface area contributed by atoms with E-state index in [9.17, 15) is 9.59 Å². The molecule has 33 heavy (non-hydrogen) atoms. The zero-order valence-electron chi connectivity index (χ0n) is 18.2. The van der Waals surface area contributed by atoms with Crippen molar-refractivity contribution in [1.29, 1.82) is 0 Å². The van der Waals surface area contributed by atoms with Gasteiger partial charge in [-0.2, -0.15) is 0 Å². The Hall–Kier alpha value is -2.78. The second-order valence-electron chi connectivity index (χ2n) is 7.58. The van der Waals surface area contributed by atoms with Crippen LogP contribution in [0.5, 0.6) is 11.5 Å². The van der Waals surface area contributed by atoms with Crippen LogP contribution in [-0.2, 0) is 17.9 Å². The Morgan fingerprint density at radius 1 is 0.939 bits per heavy atom. The van der Waals surface area contributed by atoms with Crippen LogP contribution >= 0.6 is 34.4 Å². The number of rotatable bonds is 7. The van der Waals surface area contributed by atoms with E-state index >= 15 is 0 Å². The molecule has 168 valence electrons. The summed E-state index contributed by atoms with van der Waals surface area (Å²) in [6.45, 7) is 2.73. The Labute approximate surface area is 210 Å². The van der Waals surface area contributed by atoms with E-state index in [2.05, 4.69) is 22.6 Å². The molecule has 7 heteroatoms. The molecule has 0 spiro atoms. The molecule has 3 aromatic rings. The van der Waals surface area contributed by atoms with E-state index in [-0.39, 0.29) is 17.7 Å². The smallest absolute Gasteiger partial charge is 0.293 e. The third-order valence-electron chi connectivity index (χ3n) is 5.13. The van der Waals surface area contributed by atoms with E-state index in [1.54, 1.807) is 19.3 Å². The zero-order chi connectivity index (χ0) is 23.4. The molecule has 0 bridgehead atoms. The average Bonchev–Trinajstić information content (AvgIpc) is 3.07. The molecule has 3 aromatic carbocycles. The number of thioether (sulfide) groups is 1. The van der Waals surface area contributed by atoms with E-state index in [0.29, 0.717) is 23.0 Å². The van der Waals surface area contributed by atoms with Crippen molar-refractivity contribution in [2.75, 3.05) is 7.11 Å². The fourth-order valence-electron chi connectivity index (χ4n) is 3.30. The quantitative estimate of drug-likeness (QED) is 0.242. The molecule has 0 aromatic heterocycles. The van der Waals surface area contributed by atoms with Crippen LogP contribution < -0.4 is 9.47 Å². The first kappa shape index (κ1) is 23.4. The summed E-state index contributed by atoms with van der Waals surface area (Å²) >= 11 is 3.17. The number of carbonyl (C=O) groups is 2. The summed E-state index contributed by atoms with van der Waals surface area (Å²) in [6, 6.07) is 21.4. The summed E-state index contributed by atoms with van der Waals surface area (Å²) in [7, 11) is 1.58. The average molecular weight is 571 g/mol. The predicted molar refractivity (Wildman–Crippen MR) is 139 cm³/mol. The van der Waals surface area contributed by atoms with Crippen molar-refractivity contribution in [1.82, 2.24) is 4.90 Å². The Bertz CT molecular complexity index is 1210. The lowest BCUT2D eigenvalue weighted by Crippen LogP contribution is -2.27. The lowest BCUT2D eigenvalue weighted by atomic mass is 10.1. The zero-order valence-corrected chi connectivity index (χ0v) is 21.2. The van der Waals surface area contributed by atoms with Gasteiger partial charge in [-0.3, -0.25) is 14.5 Å².